The van der Waals surface area contributed by atoms with Crippen LogP contribution in [-0.2, 0) is 4.79 Å². The second-order valence-electron chi connectivity index (χ2n) is 6.59. The number of amides is 1. The Morgan fingerprint density at radius 3 is 2.46 bits per heavy atom. The number of nitrogens with zero attached hydrogens (tertiary/aromatic N) is 3. The number of anilines is 2. The molecule has 6 heteroatoms. The Hall–Kier alpha value is -1.30. The lowest BCUT2D eigenvalue weighted by Crippen LogP contribution is -2.46. The molecule has 1 amide bonds. The predicted molar refractivity (Wildman–Crippen MR) is 100 cm³/mol. The van der Waals surface area contributed by atoms with E-state index >= 15 is 0 Å². The standard InChI is InChI=1S/C18H27ClN4O/c1-2-21-10-12-23(13-11-21)18-15(19)6-5-7-16(18)20-17(24)14-22-8-3-4-9-22/h5-7H,2-4,8-14H2,1H3,(H,20,24). The molecule has 2 aliphatic heterocycles. The van der Waals surface area contributed by atoms with Crippen LogP contribution in [0.1, 0.15) is 19.8 Å². The first kappa shape index (κ1) is 17.5. The van der Waals surface area contributed by atoms with E-state index in [0.717, 1.165) is 57.2 Å². The number of para-hydroxylation sites is 1. The molecule has 2 heterocycles. The van der Waals surface area contributed by atoms with Crippen LogP contribution in [0.5, 0.6) is 0 Å². The molecule has 0 aromatic heterocycles. The van der Waals surface area contributed by atoms with Crippen molar-refractivity contribution in [2.45, 2.75) is 19.8 Å². The average molecular weight is 351 g/mol. The van der Waals surface area contributed by atoms with Gasteiger partial charge in [-0.15, -0.1) is 0 Å². The van der Waals surface area contributed by atoms with Crippen molar-refractivity contribution in [1.29, 1.82) is 0 Å². The van der Waals surface area contributed by atoms with E-state index in [-0.39, 0.29) is 5.91 Å². The van der Waals surface area contributed by atoms with Crippen molar-refractivity contribution in [1.82, 2.24) is 9.80 Å². The lowest BCUT2D eigenvalue weighted by molar-refractivity contribution is -0.117. The maximum absolute atomic E-state index is 12.4. The van der Waals surface area contributed by atoms with E-state index in [0.29, 0.717) is 11.6 Å². The summed E-state index contributed by atoms with van der Waals surface area (Å²) in [7, 11) is 0. The number of nitrogens with one attached hydrogen (secondary N) is 1. The average Bonchev–Trinajstić information content (AvgIpc) is 3.08. The van der Waals surface area contributed by atoms with Gasteiger partial charge in [-0.1, -0.05) is 24.6 Å². The largest absolute Gasteiger partial charge is 0.366 e. The third kappa shape index (κ3) is 4.21. The highest BCUT2D eigenvalue weighted by Crippen LogP contribution is 2.34. The number of carbonyl (C=O) groups excluding carboxylic acids is 1. The number of hydrogen-bond donors (Lipinski definition) is 1. The quantitative estimate of drug-likeness (QED) is 0.885. The van der Waals surface area contributed by atoms with Crippen molar-refractivity contribution in [2.24, 2.45) is 0 Å². The first-order valence-corrected chi connectivity index (χ1v) is 9.33. The van der Waals surface area contributed by atoms with Gasteiger partial charge in [-0.05, 0) is 44.6 Å². The number of rotatable bonds is 5. The van der Waals surface area contributed by atoms with Gasteiger partial charge in [-0.2, -0.15) is 0 Å². The molecule has 0 radical (unpaired) electrons. The molecule has 0 unspecified atom stereocenters. The van der Waals surface area contributed by atoms with E-state index in [4.69, 9.17) is 11.6 Å². The van der Waals surface area contributed by atoms with Crippen LogP contribution in [0.15, 0.2) is 18.2 Å². The van der Waals surface area contributed by atoms with E-state index < -0.39 is 0 Å². The molecule has 0 aliphatic carbocycles. The van der Waals surface area contributed by atoms with Gasteiger partial charge in [0.05, 0.1) is 22.9 Å². The first-order valence-electron chi connectivity index (χ1n) is 8.95. The summed E-state index contributed by atoms with van der Waals surface area (Å²) in [6.07, 6.45) is 2.38. The Kier molecular flexibility index (Phi) is 5.98. The molecule has 1 aromatic rings. The minimum Gasteiger partial charge on any atom is -0.366 e. The third-order valence-electron chi connectivity index (χ3n) is 4.96. The number of likely N-dealkylation sites (tertiary alicyclic amines) is 1. The van der Waals surface area contributed by atoms with Crippen molar-refractivity contribution in [3.05, 3.63) is 23.2 Å². The SMILES string of the molecule is CCN1CCN(c2c(Cl)cccc2NC(=O)CN2CCCC2)CC1. The van der Waals surface area contributed by atoms with E-state index in [2.05, 4.69) is 26.9 Å². The van der Waals surface area contributed by atoms with Crippen LogP contribution in [0.25, 0.3) is 0 Å². The smallest absolute Gasteiger partial charge is 0.238 e. The highest BCUT2D eigenvalue weighted by atomic mass is 35.5. The Balaban J connectivity index is 1.69. The summed E-state index contributed by atoms with van der Waals surface area (Å²) >= 11 is 6.47. The fourth-order valence-electron chi connectivity index (χ4n) is 3.56. The molecule has 2 aliphatic rings. The molecule has 0 saturated carbocycles. The number of benzene rings is 1. The van der Waals surface area contributed by atoms with Gasteiger partial charge >= 0.3 is 0 Å². The predicted octanol–water partition coefficient (Wildman–Crippen LogP) is 2.52. The fourth-order valence-corrected chi connectivity index (χ4v) is 3.85. The summed E-state index contributed by atoms with van der Waals surface area (Å²) in [5, 5.41) is 3.79. The van der Waals surface area contributed by atoms with E-state index in [1.165, 1.54) is 12.8 Å². The number of piperazine rings is 1. The normalized spacial score (nSPS) is 19.7. The zero-order chi connectivity index (χ0) is 16.9. The summed E-state index contributed by atoms with van der Waals surface area (Å²) in [5.74, 6) is 0.0487. The van der Waals surface area contributed by atoms with Crippen molar-refractivity contribution < 1.29 is 4.79 Å². The Morgan fingerprint density at radius 1 is 1.08 bits per heavy atom. The van der Waals surface area contributed by atoms with Gasteiger partial charge in [0.25, 0.3) is 0 Å². The molecular weight excluding hydrogens is 324 g/mol. The van der Waals surface area contributed by atoms with Gasteiger partial charge < -0.3 is 15.1 Å². The number of likely N-dealkylation sites (N-methyl/N-ethyl adjacent to an activating group) is 1. The summed E-state index contributed by atoms with van der Waals surface area (Å²) < 4.78 is 0. The summed E-state index contributed by atoms with van der Waals surface area (Å²) in [4.78, 5) is 19.3. The molecule has 2 fully saturated rings. The lowest BCUT2D eigenvalue weighted by atomic mass is 10.2. The number of hydrogen-bond acceptors (Lipinski definition) is 4. The molecule has 24 heavy (non-hydrogen) atoms. The number of carbonyl (C=O) groups is 1. The van der Waals surface area contributed by atoms with Crippen LogP contribution in [0.4, 0.5) is 11.4 Å². The highest BCUT2D eigenvalue weighted by Gasteiger charge is 2.22. The van der Waals surface area contributed by atoms with Crippen LogP contribution in [0.3, 0.4) is 0 Å². The molecule has 1 aromatic carbocycles. The lowest BCUT2D eigenvalue weighted by Gasteiger charge is -2.36. The van der Waals surface area contributed by atoms with Gasteiger partial charge in [0.2, 0.25) is 5.91 Å². The molecule has 0 bridgehead atoms. The van der Waals surface area contributed by atoms with Gasteiger partial charge in [0, 0.05) is 26.2 Å². The van der Waals surface area contributed by atoms with Crippen molar-refractivity contribution in [3.8, 4) is 0 Å². The van der Waals surface area contributed by atoms with Crippen molar-refractivity contribution in [3.63, 3.8) is 0 Å². The second kappa shape index (κ2) is 8.19. The molecular formula is C18H27ClN4O. The molecule has 0 atom stereocenters. The number of halogens is 1. The van der Waals surface area contributed by atoms with Gasteiger partial charge in [-0.25, -0.2) is 0 Å². The molecule has 132 valence electrons. The summed E-state index contributed by atoms with van der Waals surface area (Å²) in [6.45, 7) is 9.72. The van der Waals surface area contributed by atoms with Crippen LogP contribution in [-0.4, -0.2) is 68.1 Å². The minimum atomic E-state index is 0.0487. The Labute approximate surface area is 149 Å². The van der Waals surface area contributed by atoms with E-state index in [9.17, 15) is 4.79 Å². The summed E-state index contributed by atoms with van der Waals surface area (Å²) in [5.41, 5.74) is 1.79. The maximum atomic E-state index is 12.4. The molecule has 1 N–H and O–H groups in total. The Bertz CT molecular complexity index is 566. The molecule has 2 saturated heterocycles. The summed E-state index contributed by atoms with van der Waals surface area (Å²) in [6, 6.07) is 5.76. The van der Waals surface area contributed by atoms with Crippen LogP contribution < -0.4 is 10.2 Å². The monoisotopic (exact) mass is 350 g/mol. The minimum absolute atomic E-state index is 0.0487. The zero-order valence-electron chi connectivity index (χ0n) is 14.4. The topological polar surface area (TPSA) is 38.8 Å². The third-order valence-corrected chi connectivity index (χ3v) is 5.27. The molecule has 5 nitrogen and oxygen atoms in total. The van der Waals surface area contributed by atoms with Crippen molar-refractivity contribution >= 4 is 28.9 Å². The fraction of sp³-hybridized carbons (Fsp3) is 0.611. The van der Waals surface area contributed by atoms with Crippen LogP contribution in [0.2, 0.25) is 5.02 Å². The van der Waals surface area contributed by atoms with Gasteiger partial charge in [0.15, 0.2) is 0 Å². The van der Waals surface area contributed by atoms with E-state index in [1.807, 2.05) is 18.2 Å². The second-order valence-corrected chi connectivity index (χ2v) is 7.00. The maximum Gasteiger partial charge on any atom is 0.238 e. The molecule has 0 spiro atoms. The highest BCUT2D eigenvalue weighted by molar-refractivity contribution is 6.34. The van der Waals surface area contributed by atoms with Crippen LogP contribution in [0, 0.1) is 0 Å². The molecule has 3 rings (SSSR count). The van der Waals surface area contributed by atoms with Crippen LogP contribution >= 0.6 is 11.6 Å². The first-order chi connectivity index (χ1) is 11.7. The van der Waals surface area contributed by atoms with Gasteiger partial charge in [0.1, 0.15) is 0 Å². The zero-order valence-corrected chi connectivity index (χ0v) is 15.2. The Morgan fingerprint density at radius 2 is 1.79 bits per heavy atom. The van der Waals surface area contributed by atoms with E-state index in [1.54, 1.807) is 0 Å². The van der Waals surface area contributed by atoms with Gasteiger partial charge in [-0.3, -0.25) is 9.69 Å². The van der Waals surface area contributed by atoms with Crippen molar-refractivity contribution in [2.75, 3.05) is 62.6 Å².